The number of nitrogens with zero attached hydrogens (tertiary/aromatic N) is 1. The van der Waals surface area contributed by atoms with Gasteiger partial charge in [0.2, 0.25) is 5.91 Å². The first kappa shape index (κ1) is 16.0. The molecule has 0 aliphatic carbocycles. The smallest absolute Gasteiger partial charge is 0.308 e. The van der Waals surface area contributed by atoms with Crippen LogP contribution in [0.3, 0.4) is 0 Å². The molecule has 21 heavy (non-hydrogen) atoms. The van der Waals surface area contributed by atoms with E-state index >= 15 is 0 Å². The fraction of sp³-hybridized carbons (Fsp3) is 0.467. The molecule has 6 heteroatoms. The van der Waals surface area contributed by atoms with Crippen molar-refractivity contribution in [2.45, 2.75) is 26.3 Å². The molecule has 0 spiro atoms. The molecule has 1 aliphatic heterocycles. The fourth-order valence-electron chi connectivity index (χ4n) is 2.65. The molecule has 0 aromatic heterocycles. The van der Waals surface area contributed by atoms with Crippen molar-refractivity contribution in [1.82, 2.24) is 4.90 Å². The molecule has 2 atom stereocenters. The lowest BCUT2D eigenvalue weighted by molar-refractivity contribution is -0.142. The maximum Gasteiger partial charge on any atom is 0.308 e. The van der Waals surface area contributed by atoms with E-state index in [4.69, 9.17) is 5.11 Å². The standard InChI is InChI=1S/C15H19BrN2O3/c1-9-3-4-13(12(16)7-9)17-14(19)8-18-6-5-11(10(18)2)15(20)21/h3-4,7,10-11H,5-6,8H2,1-2H3,(H,17,19)(H,20,21). The van der Waals surface area contributed by atoms with E-state index in [-0.39, 0.29) is 24.4 Å². The molecular weight excluding hydrogens is 336 g/mol. The van der Waals surface area contributed by atoms with E-state index in [1.54, 1.807) is 0 Å². The summed E-state index contributed by atoms with van der Waals surface area (Å²) in [5.41, 5.74) is 1.84. The lowest BCUT2D eigenvalue weighted by atomic mass is 10.0. The number of amides is 1. The van der Waals surface area contributed by atoms with Gasteiger partial charge >= 0.3 is 5.97 Å². The molecule has 0 saturated carbocycles. The normalized spacial score (nSPS) is 22.2. The summed E-state index contributed by atoms with van der Waals surface area (Å²) in [6.07, 6.45) is 0.595. The van der Waals surface area contributed by atoms with E-state index in [9.17, 15) is 9.59 Å². The zero-order chi connectivity index (χ0) is 15.6. The van der Waals surface area contributed by atoms with Crippen LogP contribution >= 0.6 is 15.9 Å². The van der Waals surface area contributed by atoms with Gasteiger partial charge in [0.1, 0.15) is 0 Å². The molecule has 2 unspecified atom stereocenters. The summed E-state index contributed by atoms with van der Waals surface area (Å²) in [5, 5.41) is 12.0. The lowest BCUT2D eigenvalue weighted by Gasteiger charge is -2.22. The highest BCUT2D eigenvalue weighted by Gasteiger charge is 2.36. The molecule has 1 heterocycles. The van der Waals surface area contributed by atoms with Gasteiger partial charge in [0.15, 0.2) is 0 Å². The van der Waals surface area contributed by atoms with Gasteiger partial charge in [0, 0.05) is 10.5 Å². The number of anilines is 1. The second kappa shape index (κ2) is 6.58. The van der Waals surface area contributed by atoms with Crippen molar-refractivity contribution in [2.24, 2.45) is 5.92 Å². The zero-order valence-corrected chi connectivity index (χ0v) is 13.7. The molecule has 2 rings (SSSR count). The van der Waals surface area contributed by atoms with Crippen LogP contribution < -0.4 is 5.32 Å². The third-order valence-electron chi connectivity index (χ3n) is 3.95. The van der Waals surface area contributed by atoms with E-state index < -0.39 is 5.97 Å². The van der Waals surface area contributed by atoms with Gasteiger partial charge in [-0.2, -0.15) is 0 Å². The van der Waals surface area contributed by atoms with Crippen molar-refractivity contribution >= 4 is 33.5 Å². The number of carbonyl (C=O) groups excluding carboxylic acids is 1. The number of hydrogen-bond acceptors (Lipinski definition) is 3. The lowest BCUT2D eigenvalue weighted by Crippen LogP contribution is -2.38. The second-order valence-corrected chi connectivity index (χ2v) is 6.33. The minimum atomic E-state index is -0.785. The molecule has 0 bridgehead atoms. The number of hydrogen-bond donors (Lipinski definition) is 2. The van der Waals surface area contributed by atoms with E-state index in [0.717, 1.165) is 15.7 Å². The Balaban J connectivity index is 1.95. The van der Waals surface area contributed by atoms with Crippen LogP contribution in [0.2, 0.25) is 0 Å². The van der Waals surface area contributed by atoms with Gasteiger partial charge in [-0.1, -0.05) is 6.07 Å². The number of benzene rings is 1. The number of nitrogens with one attached hydrogen (secondary N) is 1. The van der Waals surface area contributed by atoms with Crippen molar-refractivity contribution < 1.29 is 14.7 Å². The van der Waals surface area contributed by atoms with Crippen molar-refractivity contribution in [2.75, 3.05) is 18.4 Å². The molecule has 1 amide bonds. The van der Waals surface area contributed by atoms with Crippen LogP contribution in [-0.2, 0) is 9.59 Å². The van der Waals surface area contributed by atoms with Gasteiger partial charge in [0.25, 0.3) is 0 Å². The Morgan fingerprint density at radius 3 is 2.76 bits per heavy atom. The molecule has 1 saturated heterocycles. The molecule has 1 aromatic carbocycles. The molecular formula is C15H19BrN2O3. The van der Waals surface area contributed by atoms with Crippen molar-refractivity contribution in [3.8, 4) is 0 Å². The number of aliphatic carboxylic acids is 1. The molecule has 5 nitrogen and oxygen atoms in total. The Labute approximate surface area is 132 Å². The van der Waals surface area contributed by atoms with E-state index in [1.165, 1.54) is 0 Å². The SMILES string of the molecule is Cc1ccc(NC(=O)CN2CCC(C(=O)O)C2C)c(Br)c1. The molecule has 0 radical (unpaired) electrons. The highest BCUT2D eigenvalue weighted by molar-refractivity contribution is 9.10. The summed E-state index contributed by atoms with van der Waals surface area (Å²) < 4.78 is 0.841. The summed E-state index contributed by atoms with van der Waals surface area (Å²) in [6.45, 7) is 4.70. The first-order valence-corrected chi connectivity index (χ1v) is 7.70. The first-order valence-electron chi connectivity index (χ1n) is 6.91. The largest absolute Gasteiger partial charge is 0.481 e. The number of carbonyl (C=O) groups is 2. The molecule has 2 N–H and O–H groups in total. The Hall–Kier alpha value is -1.40. The summed E-state index contributed by atoms with van der Waals surface area (Å²) in [7, 11) is 0. The summed E-state index contributed by atoms with van der Waals surface area (Å²) in [4.78, 5) is 25.1. The van der Waals surface area contributed by atoms with Gasteiger partial charge < -0.3 is 10.4 Å². The number of carboxylic acid groups (broad SMARTS) is 1. The van der Waals surface area contributed by atoms with E-state index in [1.807, 2.05) is 36.9 Å². The number of likely N-dealkylation sites (tertiary alicyclic amines) is 1. The van der Waals surface area contributed by atoms with Crippen LogP contribution in [0.4, 0.5) is 5.69 Å². The monoisotopic (exact) mass is 354 g/mol. The average molecular weight is 355 g/mol. The van der Waals surface area contributed by atoms with Crippen LogP contribution in [-0.4, -0.2) is 41.0 Å². The molecule has 114 valence electrons. The van der Waals surface area contributed by atoms with Crippen molar-refractivity contribution in [3.63, 3.8) is 0 Å². The predicted molar refractivity (Wildman–Crippen MR) is 84.3 cm³/mol. The maximum absolute atomic E-state index is 12.1. The van der Waals surface area contributed by atoms with E-state index in [2.05, 4.69) is 21.2 Å². The Morgan fingerprint density at radius 2 is 2.19 bits per heavy atom. The van der Waals surface area contributed by atoms with Gasteiger partial charge in [-0.15, -0.1) is 0 Å². The molecule has 1 aromatic rings. The van der Waals surface area contributed by atoms with Gasteiger partial charge in [0.05, 0.1) is 18.2 Å². The minimum Gasteiger partial charge on any atom is -0.481 e. The van der Waals surface area contributed by atoms with Crippen LogP contribution in [0, 0.1) is 12.8 Å². The number of halogens is 1. The Morgan fingerprint density at radius 1 is 1.48 bits per heavy atom. The summed E-state index contributed by atoms with van der Waals surface area (Å²) in [6, 6.07) is 5.60. The van der Waals surface area contributed by atoms with Gasteiger partial charge in [-0.25, -0.2) is 0 Å². The average Bonchev–Trinajstić information content (AvgIpc) is 2.74. The summed E-state index contributed by atoms with van der Waals surface area (Å²) in [5.74, 6) is -1.30. The Bertz CT molecular complexity index is 562. The van der Waals surface area contributed by atoms with Crippen LogP contribution in [0.5, 0.6) is 0 Å². The van der Waals surface area contributed by atoms with Crippen LogP contribution in [0.1, 0.15) is 18.9 Å². The van der Waals surface area contributed by atoms with E-state index in [0.29, 0.717) is 13.0 Å². The topological polar surface area (TPSA) is 69.6 Å². The van der Waals surface area contributed by atoms with Gasteiger partial charge in [-0.05, 0) is 60.4 Å². The highest BCUT2D eigenvalue weighted by atomic mass is 79.9. The van der Waals surface area contributed by atoms with Crippen LogP contribution in [0.15, 0.2) is 22.7 Å². The van der Waals surface area contributed by atoms with Crippen molar-refractivity contribution in [1.29, 1.82) is 0 Å². The van der Waals surface area contributed by atoms with Crippen molar-refractivity contribution in [3.05, 3.63) is 28.2 Å². The quantitative estimate of drug-likeness (QED) is 0.871. The number of carboxylic acids is 1. The number of aryl methyl sites for hydroxylation is 1. The molecule has 1 aliphatic rings. The highest BCUT2D eigenvalue weighted by Crippen LogP contribution is 2.25. The fourth-order valence-corrected chi connectivity index (χ4v) is 3.25. The predicted octanol–water partition coefficient (Wildman–Crippen LogP) is 2.49. The molecule has 1 fully saturated rings. The number of rotatable bonds is 4. The van der Waals surface area contributed by atoms with Crippen LogP contribution in [0.25, 0.3) is 0 Å². The first-order chi connectivity index (χ1) is 9.88. The summed E-state index contributed by atoms with van der Waals surface area (Å²) >= 11 is 3.42. The minimum absolute atomic E-state index is 0.116. The third kappa shape index (κ3) is 3.83. The maximum atomic E-state index is 12.1. The second-order valence-electron chi connectivity index (χ2n) is 5.48. The Kier molecular flexibility index (Phi) is 5.00. The third-order valence-corrected chi connectivity index (χ3v) is 4.60. The zero-order valence-electron chi connectivity index (χ0n) is 12.1. The van der Waals surface area contributed by atoms with Gasteiger partial charge in [-0.3, -0.25) is 14.5 Å².